The van der Waals surface area contributed by atoms with Crippen molar-refractivity contribution in [3.8, 4) is 0 Å². The summed E-state index contributed by atoms with van der Waals surface area (Å²) in [5.74, 6) is 0. The number of thioether (sulfide) groups is 1. The van der Waals surface area contributed by atoms with Crippen LogP contribution >= 0.6 is 11.8 Å². The van der Waals surface area contributed by atoms with Crippen molar-refractivity contribution in [3.63, 3.8) is 0 Å². The Hall–Kier alpha value is -0.840. The molecule has 0 fully saturated rings. The van der Waals surface area contributed by atoms with Gasteiger partial charge in [0.15, 0.2) is 0 Å². The Labute approximate surface area is 110 Å². The number of fused-ring (bicyclic) bond motifs is 1. The summed E-state index contributed by atoms with van der Waals surface area (Å²) in [7, 11) is 0. The summed E-state index contributed by atoms with van der Waals surface area (Å²) in [6, 6.07) is 3.85. The molecule has 1 aromatic rings. The van der Waals surface area contributed by atoms with E-state index in [0.29, 0.717) is 12.2 Å². The minimum absolute atomic E-state index is 0.0206. The van der Waals surface area contributed by atoms with E-state index in [-0.39, 0.29) is 4.75 Å². The zero-order valence-corrected chi connectivity index (χ0v) is 11.8. The molecule has 1 aliphatic rings. The summed E-state index contributed by atoms with van der Waals surface area (Å²) in [4.78, 5) is 0.879. The zero-order chi connectivity index (χ0) is 14.0. The average Bonchev–Trinajstić information content (AvgIpc) is 2.28. The second-order valence-corrected chi connectivity index (χ2v) is 6.17. The van der Waals surface area contributed by atoms with Crippen molar-refractivity contribution in [1.82, 2.24) is 0 Å². The van der Waals surface area contributed by atoms with Crippen LogP contribution in [-0.4, -0.2) is 11.3 Å². The van der Waals surface area contributed by atoms with E-state index in [2.05, 4.69) is 19.2 Å². The Kier molecular flexibility index (Phi) is 4.59. The third kappa shape index (κ3) is 3.57. The van der Waals surface area contributed by atoms with Crippen molar-refractivity contribution in [2.45, 2.75) is 43.5 Å². The van der Waals surface area contributed by atoms with Gasteiger partial charge >= 0.3 is 6.18 Å². The Balaban J connectivity index is 0.000000771. The summed E-state index contributed by atoms with van der Waals surface area (Å²) >= 11 is 1.60. The van der Waals surface area contributed by atoms with Crippen molar-refractivity contribution in [1.29, 1.82) is 0 Å². The lowest BCUT2D eigenvalue weighted by atomic mass is 10.1. The van der Waals surface area contributed by atoms with Gasteiger partial charge in [-0.1, -0.05) is 13.8 Å². The maximum absolute atomic E-state index is 12.5. The molecule has 1 aromatic carbocycles. The largest absolute Gasteiger partial charge is 0.416 e. The molecule has 0 radical (unpaired) electrons. The highest BCUT2D eigenvalue weighted by Crippen LogP contribution is 2.43. The molecule has 0 spiro atoms. The lowest BCUT2D eigenvalue weighted by molar-refractivity contribution is -0.137. The van der Waals surface area contributed by atoms with Gasteiger partial charge < -0.3 is 5.32 Å². The topological polar surface area (TPSA) is 12.0 Å². The SMILES string of the molecule is CC.CC1(C)CNc2cc(C(F)(F)F)ccc2S1. The molecule has 0 amide bonds. The molecule has 0 atom stereocenters. The number of alkyl halides is 3. The van der Waals surface area contributed by atoms with Gasteiger partial charge in [0.1, 0.15) is 0 Å². The minimum atomic E-state index is -4.27. The van der Waals surface area contributed by atoms with E-state index in [1.165, 1.54) is 12.1 Å². The number of hydrogen-bond donors (Lipinski definition) is 1. The summed E-state index contributed by atoms with van der Waals surface area (Å²) in [6.07, 6.45) is -4.27. The Morgan fingerprint density at radius 2 is 1.83 bits per heavy atom. The molecule has 1 N–H and O–H groups in total. The van der Waals surface area contributed by atoms with E-state index in [0.717, 1.165) is 11.0 Å². The van der Waals surface area contributed by atoms with Crippen LogP contribution in [0.1, 0.15) is 33.3 Å². The second-order valence-electron chi connectivity index (χ2n) is 4.42. The smallest absolute Gasteiger partial charge is 0.383 e. The van der Waals surface area contributed by atoms with Gasteiger partial charge in [0.25, 0.3) is 0 Å². The maximum Gasteiger partial charge on any atom is 0.416 e. The molecule has 0 aromatic heterocycles. The van der Waals surface area contributed by atoms with Crippen LogP contribution in [0.3, 0.4) is 0 Å². The van der Waals surface area contributed by atoms with Gasteiger partial charge in [-0.25, -0.2) is 0 Å². The van der Waals surface area contributed by atoms with Crippen molar-refractivity contribution < 1.29 is 13.2 Å². The Morgan fingerprint density at radius 3 is 2.39 bits per heavy atom. The molecule has 18 heavy (non-hydrogen) atoms. The number of anilines is 1. The van der Waals surface area contributed by atoms with Crippen molar-refractivity contribution in [2.75, 3.05) is 11.9 Å². The molecule has 5 heteroatoms. The molecule has 1 aliphatic heterocycles. The van der Waals surface area contributed by atoms with Crippen LogP contribution in [-0.2, 0) is 6.18 Å². The average molecular weight is 277 g/mol. The van der Waals surface area contributed by atoms with E-state index in [1.807, 2.05) is 13.8 Å². The Morgan fingerprint density at radius 1 is 1.22 bits per heavy atom. The van der Waals surface area contributed by atoms with E-state index in [1.54, 1.807) is 11.8 Å². The quantitative estimate of drug-likeness (QED) is 0.714. The van der Waals surface area contributed by atoms with Crippen LogP contribution in [0.5, 0.6) is 0 Å². The van der Waals surface area contributed by atoms with Crippen LogP contribution in [0.25, 0.3) is 0 Å². The first kappa shape index (κ1) is 15.2. The summed E-state index contributed by atoms with van der Waals surface area (Å²) in [5, 5.41) is 3.04. The number of nitrogens with one attached hydrogen (secondary N) is 1. The predicted molar refractivity (Wildman–Crippen MR) is 71.2 cm³/mol. The standard InChI is InChI=1S/C11H12F3NS.C2H6/c1-10(2)6-15-8-5-7(11(12,13)14)3-4-9(8)16-10;1-2/h3-5,15H,6H2,1-2H3;1-2H3. The van der Waals surface area contributed by atoms with Gasteiger partial charge in [-0.05, 0) is 32.0 Å². The molecule has 1 heterocycles. The lowest BCUT2D eigenvalue weighted by Crippen LogP contribution is -2.30. The molecular formula is C13H18F3NS. The van der Waals surface area contributed by atoms with Gasteiger partial charge in [0, 0.05) is 21.9 Å². The van der Waals surface area contributed by atoms with Crippen molar-refractivity contribution >= 4 is 17.4 Å². The highest BCUT2D eigenvalue weighted by Gasteiger charge is 2.33. The van der Waals surface area contributed by atoms with Crippen molar-refractivity contribution in [3.05, 3.63) is 23.8 Å². The second kappa shape index (κ2) is 5.43. The fraction of sp³-hybridized carbons (Fsp3) is 0.538. The van der Waals surface area contributed by atoms with Gasteiger partial charge in [-0.3, -0.25) is 0 Å². The van der Waals surface area contributed by atoms with Crippen LogP contribution in [0.15, 0.2) is 23.1 Å². The Bertz CT molecular complexity index is 413. The van der Waals surface area contributed by atoms with Crippen LogP contribution < -0.4 is 5.32 Å². The first-order valence-electron chi connectivity index (χ1n) is 5.92. The van der Waals surface area contributed by atoms with Gasteiger partial charge in [-0.2, -0.15) is 13.2 Å². The first-order chi connectivity index (χ1) is 8.28. The third-order valence-corrected chi connectivity index (χ3v) is 3.67. The molecular weight excluding hydrogens is 259 g/mol. The van der Waals surface area contributed by atoms with Crippen LogP contribution in [0.2, 0.25) is 0 Å². The molecule has 0 saturated heterocycles. The van der Waals surface area contributed by atoms with E-state index >= 15 is 0 Å². The molecule has 102 valence electrons. The molecule has 0 aliphatic carbocycles. The molecule has 1 nitrogen and oxygen atoms in total. The molecule has 0 unspecified atom stereocenters. The summed E-state index contributed by atoms with van der Waals surface area (Å²) in [6.45, 7) is 8.79. The van der Waals surface area contributed by atoms with Gasteiger partial charge in [-0.15, -0.1) is 11.8 Å². The van der Waals surface area contributed by atoms with E-state index in [4.69, 9.17) is 0 Å². The molecule has 0 saturated carbocycles. The van der Waals surface area contributed by atoms with Crippen LogP contribution in [0.4, 0.5) is 18.9 Å². The minimum Gasteiger partial charge on any atom is -0.383 e. The third-order valence-electron chi connectivity index (χ3n) is 2.40. The first-order valence-corrected chi connectivity index (χ1v) is 6.74. The highest BCUT2D eigenvalue weighted by atomic mass is 32.2. The van der Waals surface area contributed by atoms with Gasteiger partial charge in [0.2, 0.25) is 0 Å². The number of rotatable bonds is 0. The van der Waals surface area contributed by atoms with E-state index < -0.39 is 11.7 Å². The number of benzene rings is 1. The van der Waals surface area contributed by atoms with Gasteiger partial charge in [0.05, 0.1) is 5.56 Å². The molecule has 2 rings (SSSR count). The molecule has 0 bridgehead atoms. The van der Waals surface area contributed by atoms with Crippen LogP contribution in [0, 0.1) is 0 Å². The van der Waals surface area contributed by atoms with E-state index in [9.17, 15) is 13.2 Å². The number of halogens is 3. The predicted octanol–water partition coefficient (Wildman–Crippen LogP) is 5.03. The lowest BCUT2D eigenvalue weighted by Gasteiger charge is -2.32. The normalized spacial score (nSPS) is 17.1. The summed E-state index contributed by atoms with van der Waals surface area (Å²) in [5.41, 5.74) is -0.0155. The number of hydrogen-bond acceptors (Lipinski definition) is 2. The maximum atomic E-state index is 12.5. The fourth-order valence-corrected chi connectivity index (χ4v) is 2.69. The summed E-state index contributed by atoms with van der Waals surface area (Å²) < 4.78 is 37.4. The fourth-order valence-electron chi connectivity index (χ4n) is 1.58. The van der Waals surface area contributed by atoms with Crippen molar-refractivity contribution in [2.24, 2.45) is 0 Å². The highest BCUT2D eigenvalue weighted by molar-refractivity contribution is 8.00. The zero-order valence-electron chi connectivity index (χ0n) is 11.0. The monoisotopic (exact) mass is 277 g/mol.